The summed E-state index contributed by atoms with van der Waals surface area (Å²) in [7, 11) is 0. The van der Waals surface area contributed by atoms with Crippen LogP contribution in [-0.4, -0.2) is 47.8 Å². The van der Waals surface area contributed by atoms with Gasteiger partial charge in [0.25, 0.3) is 0 Å². The molecule has 2 fully saturated rings. The first kappa shape index (κ1) is 16.9. The van der Waals surface area contributed by atoms with Gasteiger partial charge in [-0.3, -0.25) is 9.59 Å². The van der Waals surface area contributed by atoms with Crippen molar-refractivity contribution in [2.45, 2.75) is 38.5 Å². The van der Waals surface area contributed by atoms with Gasteiger partial charge >= 0.3 is 0 Å². The minimum atomic E-state index is -0.316. The summed E-state index contributed by atoms with van der Waals surface area (Å²) in [5, 5.41) is 0. The molecule has 1 saturated heterocycles. The van der Waals surface area contributed by atoms with Crippen LogP contribution in [0.25, 0.3) is 0 Å². The van der Waals surface area contributed by atoms with E-state index in [2.05, 4.69) is 0 Å². The summed E-state index contributed by atoms with van der Waals surface area (Å²) in [4.78, 5) is 28.6. The fourth-order valence-electron chi connectivity index (χ4n) is 3.72. The van der Waals surface area contributed by atoms with Crippen LogP contribution in [0.15, 0.2) is 24.3 Å². The van der Waals surface area contributed by atoms with Gasteiger partial charge in [-0.1, -0.05) is 31.4 Å². The van der Waals surface area contributed by atoms with Gasteiger partial charge in [0.1, 0.15) is 5.82 Å². The number of piperazine rings is 1. The number of halogens is 1. The van der Waals surface area contributed by atoms with Gasteiger partial charge in [-0.05, 0) is 30.5 Å². The molecule has 2 amide bonds. The third-order valence-electron chi connectivity index (χ3n) is 5.14. The average Bonchev–Trinajstić information content (AvgIpc) is 2.62. The van der Waals surface area contributed by atoms with E-state index in [1.165, 1.54) is 18.6 Å². The van der Waals surface area contributed by atoms with Crippen molar-refractivity contribution in [3.05, 3.63) is 35.6 Å². The van der Waals surface area contributed by atoms with Gasteiger partial charge in [-0.2, -0.15) is 0 Å². The lowest BCUT2D eigenvalue weighted by Crippen LogP contribution is -2.52. The fraction of sp³-hybridized carbons (Fsp3) is 0.579. The van der Waals surface area contributed by atoms with E-state index in [1.54, 1.807) is 17.0 Å². The Labute approximate surface area is 142 Å². The number of rotatable bonds is 3. The lowest BCUT2D eigenvalue weighted by molar-refractivity contribution is -0.142. The molecule has 1 aliphatic carbocycles. The second-order valence-corrected chi connectivity index (χ2v) is 6.85. The van der Waals surface area contributed by atoms with Gasteiger partial charge in [-0.25, -0.2) is 4.39 Å². The molecule has 1 aromatic carbocycles. The number of hydrogen-bond donors (Lipinski definition) is 0. The Hall–Kier alpha value is -1.91. The van der Waals surface area contributed by atoms with Crippen LogP contribution in [0.4, 0.5) is 4.39 Å². The smallest absolute Gasteiger partial charge is 0.227 e. The van der Waals surface area contributed by atoms with Crippen LogP contribution in [-0.2, 0) is 16.0 Å². The summed E-state index contributed by atoms with van der Waals surface area (Å²) in [6.07, 6.45) is 5.79. The zero-order chi connectivity index (χ0) is 16.9. The largest absolute Gasteiger partial charge is 0.339 e. The lowest BCUT2D eigenvalue weighted by atomic mass is 9.88. The molecule has 0 bridgehead atoms. The number of carbonyl (C=O) groups is 2. The maximum atomic E-state index is 13.2. The first-order valence-corrected chi connectivity index (χ1v) is 8.94. The van der Waals surface area contributed by atoms with Crippen molar-refractivity contribution in [2.75, 3.05) is 26.2 Å². The SMILES string of the molecule is O=C(Cc1cccc(F)c1)N1CCN(C(=O)C2CCCCC2)CC1. The van der Waals surface area contributed by atoms with E-state index in [-0.39, 0.29) is 30.0 Å². The van der Waals surface area contributed by atoms with Crippen LogP contribution in [0.3, 0.4) is 0 Å². The Morgan fingerprint density at radius 1 is 1.00 bits per heavy atom. The third-order valence-corrected chi connectivity index (χ3v) is 5.14. The average molecular weight is 332 g/mol. The minimum absolute atomic E-state index is 0.00497. The Kier molecular flexibility index (Phi) is 5.48. The van der Waals surface area contributed by atoms with Crippen molar-refractivity contribution in [2.24, 2.45) is 5.92 Å². The summed E-state index contributed by atoms with van der Waals surface area (Å²) in [6.45, 7) is 2.38. The van der Waals surface area contributed by atoms with Gasteiger partial charge < -0.3 is 9.80 Å². The molecule has 1 aromatic rings. The normalized spacial score (nSPS) is 19.4. The summed E-state index contributed by atoms with van der Waals surface area (Å²) in [5.41, 5.74) is 0.695. The number of carbonyl (C=O) groups excluding carboxylic acids is 2. The van der Waals surface area contributed by atoms with Crippen LogP contribution < -0.4 is 0 Å². The molecule has 2 aliphatic rings. The highest BCUT2D eigenvalue weighted by Gasteiger charge is 2.29. The molecule has 3 rings (SSSR count). The number of hydrogen-bond acceptors (Lipinski definition) is 2. The van der Waals surface area contributed by atoms with Crippen molar-refractivity contribution in [3.63, 3.8) is 0 Å². The number of nitrogens with zero attached hydrogens (tertiary/aromatic N) is 2. The number of benzene rings is 1. The van der Waals surface area contributed by atoms with Crippen LogP contribution in [0.1, 0.15) is 37.7 Å². The van der Waals surface area contributed by atoms with E-state index >= 15 is 0 Å². The molecule has 0 radical (unpaired) electrons. The standard InChI is InChI=1S/C19H25FN2O2/c20-17-8-4-5-15(13-17)14-18(23)21-9-11-22(12-10-21)19(24)16-6-2-1-3-7-16/h4-5,8,13,16H,1-3,6-7,9-12,14H2. The third kappa shape index (κ3) is 4.13. The van der Waals surface area contributed by atoms with Gasteiger partial charge in [0.2, 0.25) is 11.8 Å². The quantitative estimate of drug-likeness (QED) is 0.854. The molecule has 0 spiro atoms. The van der Waals surface area contributed by atoms with Gasteiger partial charge in [0.15, 0.2) is 0 Å². The second kappa shape index (κ2) is 7.77. The number of amides is 2. The minimum Gasteiger partial charge on any atom is -0.339 e. The molecule has 0 N–H and O–H groups in total. The monoisotopic (exact) mass is 332 g/mol. The Balaban J connectivity index is 1.49. The van der Waals surface area contributed by atoms with Crippen LogP contribution in [0.2, 0.25) is 0 Å². The summed E-state index contributed by atoms with van der Waals surface area (Å²) in [6, 6.07) is 6.17. The van der Waals surface area contributed by atoms with Crippen molar-refractivity contribution >= 4 is 11.8 Å². The van der Waals surface area contributed by atoms with E-state index in [4.69, 9.17) is 0 Å². The molecule has 0 aromatic heterocycles. The molecule has 0 unspecified atom stereocenters. The summed E-state index contributed by atoms with van der Waals surface area (Å²) < 4.78 is 13.2. The van der Waals surface area contributed by atoms with E-state index in [0.29, 0.717) is 31.7 Å². The second-order valence-electron chi connectivity index (χ2n) is 6.85. The van der Waals surface area contributed by atoms with Crippen LogP contribution in [0, 0.1) is 11.7 Å². The van der Waals surface area contributed by atoms with Crippen molar-refractivity contribution in [3.8, 4) is 0 Å². The highest BCUT2D eigenvalue weighted by molar-refractivity contribution is 5.81. The Morgan fingerprint density at radius 2 is 1.67 bits per heavy atom. The summed E-state index contributed by atoms with van der Waals surface area (Å²) in [5.74, 6) is 0.147. The molecule has 1 aliphatic heterocycles. The first-order valence-electron chi connectivity index (χ1n) is 8.94. The maximum Gasteiger partial charge on any atom is 0.227 e. The Morgan fingerprint density at radius 3 is 2.33 bits per heavy atom. The predicted molar refractivity (Wildman–Crippen MR) is 89.8 cm³/mol. The molecule has 24 heavy (non-hydrogen) atoms. The molecular weight excluding hydrogens is 307 g/mol. The molecule has 1 heterocycles. The van der Waals surface area contributed by atoms with Gasteiger partial charge in [0.05, 0.1) is 6.42 Å². The molecule has 0 atom stereocenters. The van der Waals surface area contributed by atoms with E-state index in [0.717, 1.165) is 25.7 Å². The zero-order valence-corrected chi connectivity index (χ0v) is 14.0. The molecule has 1 saturated carbocycles. The van der Waals surface area contributed by atoms with Crippen molar-refractivity contribution in [1.29, 1.82) is 0 Å². The fourth-order valence-corrected chi connectivity index (χ4v) is 3.72. The van der Waals surface area contributed by atoms with E-state index in [1.807, 2.05) is 4.90 Å². The van der Waals surface area contributed by atoms with E-state index < -0.39 is 0 Å². The predicted octanol–water partition coefficient (Wildman–Crippen LogP) is 2.62. The molecule has 5 heteroatoms. The van der Waals surface area contributed by atoms with Crippen molar-refractivity contribution in [1.82, 2.24) is 9.80 Å². The van der Waals surface area contributed by atoms with Crippen LogP contribution in [0.5, 0.6) is 0 Å². The summed E-state index contributed by atoms with van der Waals surface area (Å²) >= 11 is 0. The Bertz CT molecular complexity index is 591. The van der Waals surface area contributed by atoms with Gasteiger partial charge in [-0.15, -0.1) is 0 Å². The van der Waals surface area contributed by atoms with Gasteiger partial charge in [0, 0.05) is 32.1 Å². The molecule has 130 valence electrons. The highest BCUT2D eigenvalue weighted by Crippen LogP contribution is 2.25. The maximum absolute atomic E-state index is 13.2. The van der Waals surface area contributed by atoms with Crippen molar-refractivity contribution < 1.29 is 14.0 Å². The van der Waals surface area contributed by atoms with Crippen LogP contribution >= 0.6 is 0 Å². The highest BCUT2D eigenvalue weighted by atomic mass is 19.1. The topological polar surface area (TPSA) is 40.6 Å². The lowest BCUT2D eigenvalue weighted by Gasteiger charge is -2.37. The molecule has 4 nitrogen and oxygen atoms in total. The first-order chi connectivity index (χ1) is 11.6. The molecular formula is C19H25FN2O2. The zero-order valence-electron chi connectivity index (χ0n) is 14.0. The van der Waals surface area contributed by atoms with E-state index in [9.17, 15) is 14.0 Å².